The first-order chi connectivity index (χ1) is 19.2. The van der Waals surface area contributed by atoms with Gasteiger partial charge in [-0.05, 0) is 44.0 Å². The first-order valence-corrected chi connectivity index (χ1v) is 13.4. The van der Waals surface area contributed by atoms with Crippen LogP contribution in [0.3, 0.4) is 0 Å². The third-order valence-corrected chi connectivity index (χ3v) is 7.27. The monoisotopic (exact) mass is 562 g/mol. The van der Waals surface area contributed by atoms with E-state index in [4.69, 9.17) is 16.6 Å². The molecule has 5 rings (SSSR count). The predicted molar refractivity (Wildman–Crippen MR) is 155 cm³/mol. The summed E-state index contributed by atoms with van der Waals surface area (Å²) in [6, 6.07) is 7.05. The number of amides is 1. The lowest BCUT2D eigenvalue weighted by Crippen LogP contribution is -2.40. The highest BCUT2D eigenvalue weighted by Gasteiger charge is 2.27. The summed E-state index contributed by atoms with van der Waals surface area (Å²) in [5, 5.41) is 7.67. The summed E-state index contributed by atoms with van der Waals surface area (Å²) in [6.45, 7) is 3.27. The van der Waals surface area contributed by atoms with Gasteiger partial charge in [0.05, 0.1) is 17.8 Å². The molecular formula is C27H31ClN10O2. The highest BCUT2D eigenvalue weighted by atomic mass is 35.5. The normalized spacial score (nSPS) is 14.7. The van der Waals surface area contributed by atoms with Crippen molar-refractivity contribution in [2.45, 2.75) is 25.8 Å². The molecule has 0 spiro atoms. The van der Waals surface area contributed by atoms with Crippen LogP contribution in [0.1, 0.15) is 31.6 Å². The fourth-order valence-corrected chi connectivity index (χ4v) is 4.91. The lowest BCUT2D eigenvalue weighted by molar-refractivity contribution is -0.133. The lowest BCUT2D eigenvalue weighted by atomic mass is 9.96. The number of carbonyl (C=O) groups excluding carboxylic acids is 1. The SMILES string of the molecule is CC(Nc1nc(=O)n(C)c2ccc(Nc3nc(N4CCC(C(=O)N(C)C)CC4)ncc3Cl)cc12)c1ncccn1. The van der Waals surface area contributed by atoms with Crippen LogP contribution in [0.25, 0.3) is 10.9 Å². The number of hydrogen-bond acceptors (Lipinski definition) is 10. The topological polar surface area (TPSA) is 134 Å². The Kier molecular flexibility index (Phi) is 7.78. The Hall–Kier alpha value is -4.32. The third-order valence-electron chi connectivity index (χ3n) is 7.00. The molecular weight excluding hydrogens is 532 g/mol. The second kappa shape index (κ2) is 11.4. The van der Waals surface area contributed by atoms with Crippen LogP contribution in [0.2, 0.25) is 5.02 Å². The Balaban J connectivity index is 1.40. The summed E-state index contributed by atoms with van der Waals surface area (Å²) in [5.41, 5.74) is 1.04. The number of rotatable bonds is 7. The summed E-state index contributed by atoms with van der Waals surface area (Å²) < 4.78 is 1.49. The highest BCUT2D eigenvalue weighted by Crippen LogP contribution is 2.30. The number of fused-ring (bicyclic) bond motifs is 1. The minimum atomic E-state index is -0.378. The van der Waals surface area contributed by atoms with Gasteiger partial charge < -0.3 is 20.4 Å². The zero-order chi connectivity index (χ0) is 28.4. The van der Waals surface area contributed by atoms with Crippen LogP contribution in [-0.2, 0) is 11.8 Å². The van der Waals surface area contributed by atoms with Crippen LogP contribution in [0.15, 0.2) is 47.7 Å². The highest BCUT2D eigenvalue weighted by molar-refractivity contribution is 6.32. The lowest BCUT2D eigenvalue weighted by Gasteiger charge is -2.32. The minimum Gasteiger partial charge on any atom is -0.360 e. The van der Waals surface area contributed by atoms with Gasteiger partial charge in [-0.2, -0.15) is 9.97 Å². The van der Waals surface area contributed by atoms with Crippen molar-refractivity contribution in [2.75, 3.05) is 42.7 Å². The molecule has 0 radical (unpaired) electrons. The van der Waals surface area contributed by atoms with Crippen molar-refractivity contribution in [1.29, 1.82) is 0 Å². The first kappa shape index (κ1) is 27.3. The molecule has 1 aromatic carbocycles. The molecule has 208 valence electrons. The molecule has 4 heterocycles. The van der Waals surface area contributed by atoms with Crippen LogP contribution in [-0.4, -0.2) is 67.5 Å². The molecule has 4 aromatic rings. The molecule has 1 unspecified atom stereocenters. The molecule has 1 fully saturated rings. The summed E-state index contributed by atoms with van der Waals surface area (Å²) in [6.07, 6.45) is 6.39. The third kappa shape index (κ3) is 5.67. The van der Waals surface area contributed by atoms with Crippen molar-refractivity contribution in [3.63, 3.8) is 0 Å². The molecule has 1 aliphatic heterocycles. The van der Waals surface area contributed by atoms with E-state index in [2.05, 4.69) is 35.5 Å². The van der Waals surface area contributed by atoms with Crippen LogP contribution in [0.5, 0.6) is 0 Å². The van der Waals surface area contributed by atoms with Crippen molar-refractivity contribution in [3.05, 3.63) is 64.2 Å². The van der Waals surface area contributed by atoms with E-state index in [-0.39, 0.29) is 23.6 Å². The van der Waals surface area contributed by atoms with Gasteiger partial charge in [0.15, 0.2) is 5.82 Å². The molecule has 0 bridgehead atoms. The quantitative estimate of drug-likeness (QED) is 0.345. The van der Waals surface area contributed by atoms with Gasteiger partial charge in [-0.15, -0.1) is 0 Å². The average molecular weight is 563 g/mol. The van der Waals surface area contributed by atoms with E-state index in [1.807, 2.05) is 25.1 Å². The van der Waals surface area contributed by atoms with Gasteiger partial charge in [0.1, 0.15) is 16.7 Å². The van der Waals surface area contributed by atoms with E-state index >= 15 is 0 Å². The predicted octanol–water partition coefficient (Wildman–Crippen LogP) is 3.39. The van der Waals surface area contributed by atoms with Crippen LogP contribution >= 0.6 is 11.6 Å². The standard InChI is InChI=1S/C27H31ClN10O2/c1-16(22-29-10-5-11-30-22)32-23-19-14-18(6-7-21(19)37(4)27(40)35-23)33-24-20(28)15-31-26(34-24)38-12-8-17(9-13-38)25(39)36(2)3/h5-7,10-11,14-17H,8-9,12-13H2,1-4H3,(H,31,33,34)(H,32,35,40). The number of halogens is 1. The van der Waals surface area contributed by atoms with E-state index in [0.717, 1.165) is 18.2 Å². The van der Waals surface area contributed by atoms with Gasteiger partial charge in [0, 0.05) is 63.6 Å². The zero-order valence-electron chi connectivity index (χ0n) is 22.8. The number of nitrogens with one attached hydrogen (secondary N) is 2. The summed E-state index contributed by atoms with van der Waals surface area (Å²) >= 11 is 6.48. The van der Waals surface area contributed by atoms with Gasteiger partial charge in [-0.3, -0.25) is 9.36 Å². The number of benzene rings is 1. The maximum Gasteiger partial charge on any atom is 0.349 e. The summed E-state index contributed by atoms with van der Waals surface area (Å²) in [7, 11) is 5.25. The first-order valence-electron chi connectivity index (χ1n) is 13.0. The molecule has 1 saturated heterocycles. The molecule has 1 aliphatic rings. The van der Waals surface area contributed by atoms with Crippen LogP contribution in [0.4, 0.5) is 23.3 Å². The number of hydrogen-bond donors (Lipinski definition) is 2. The molecule has 1 atom stereocenters. The van der Waals surface area contributed by atoms with E-state index in [0.29, 0.717) is 52.7 Å². The van der Waals surface area contributed by atoms with Crippen LogP contribution in [0, 0.1) is 5.92 Å². The fraction of sp³-hybridized carbons (Fsp3) is 0.370. The molecule has 0 saturated carbocycles. The van der Waals surface area contributed by atoms with Crippen molar-refractivity contribution < 1.29 is 4.79 Å². The van der Waals surface area contributed by atoms with E-state index in [1.54, 1.807) is 50.7 Å². The Morgan fingerprint density at radius 1 is 1.10 bits per heavy atom. The molecule has 0 aliphatic carbocycles. The molecule has 2 N–H and O–H groups in total. The molecule has 13 heteroatoms. The number of nitrogens with zero attached hydrogens (tertiary/aromatic N) is 8. The smallest absolute Gasteiger partial charge is 0.349 e. The minimum absolute atomic E-state index is 0.0114. The largest absolute Gasteiger partial charge is 0.360 e. The van der Waals surface area contributed by atoms with Crippen LogP contribution < -0.4 is 21.2 Å². The van der Waals surface area contributed by atoms with Gasteiger partial charge in [0.2, 0.25) is 11.9 Å². The summed E-state index contributed by atoms with van der Waals surface area (Å²) in [5.74, 6) is 2.18. The van der Waals surface area contributed by atoms with Crippen molar-refractivity contribution in [3.8, 4) is 0 Å². The summed E-state index contributed by atoms with van der Waals surface area (Å²) in [4.78, 5) is 50.6. The van der Waals surface area contributed by atoms with Crippen molar-refractivity contribution in [1.82, 2.24) is 34.4 Å². The number of piperidine rings is 1. The fourth-order valence-electron chi connectivity index (χ4n) is 4.77. The van der Waals surface area contributed by atoms with Gasteiger partial charge in [0.25, 0.3) is 0 Å². The Bertz CT molecular complexity index is 1590. The molecule has 1 amide bonds. The zero-order valence-corrected chi connectivity index (χ0v) is 23.6. The number of aromatic nitrogens is 6. The maximum atomic E-state index is 12.6. The van der Waals surface area contributed by atoms with Gasteiger partial charge in [-0.25, -0.2) is 19.7 Å². The maximum absolute atomic E-state index is 12.6. The van der Waals surface area contributed by atoms with Crippen molar-refractivity contribution in [2.24, 2.45) is 13.0 Å². The molecule has 40 heavy (non-hydrogen) atoms. The molecule has 12 nitrogen and oxygen atoms in total. The van der Waals surface area contributed by atoms with E-state index < -0.39 is 0 Å². The number of aryl methyl sites for hydroxylation is 1. The number of anilines is 4. The second-order valence-electron chi connectivity index (χ2n) is 9.99. The Labute approximate surface area is 236 Å². The number of carbonyl (C=O) groups is 1. The van der Waals surface area contributed by atoms with Gasteiger partial charge >= 0.3 is 5.69 Å². The Morgan fingerprint density at radius 2 is 1.82 bits per heavy atom. The molecule has 3 aromatic heterocycles. The average Bonchev–Trinajstić information content (AvgIpc) is 2.97. The Morgan fingerprint density at radius 3 is 2.52 bits per heavy atom. The second-order valence-corrected chi connectivity index (χ2v) is 10.4. The van der Waals surface area contributed by atoms with Gasteiger partial charge in [-0.1, -0.05) is 11.6 Å². The van der Waals surface area contributed by atoms with E-state index in [9.17, 15) is 9.59 Å². The van der Waals surface area contributed by atoms with E-state index in [1.165, 1.54) is 4.57 Å². The van der Waals surface area contributed by atoms with Crippen molar-refractivity contribution >= 4 is 51.7 Å².